The van der Waals surface area contributed by atoms with E-state index in [1.54, 1.807) is 11.0 Å². The standard InChI is InChI=1S/C13H17BrN2O3/c1-4-16(8(2)3)13(19)15-11-6-5-9(12(17)18)7-10(11)14/h5-8H,4H2,1-3H3,(H,15,19)(H,17,18). The number of anilines is 1. The van der Waals surface area contributed by atoms with Crippen molar-refractivity contribution in [2.45, 2.75) is 26.8 Å². The molecule has 0 atom stereocenters. The lowest BCUT2D eigenvalue weighted by atomic mass is 10.2. The van der Waals surface area contributed by atoms with E-state index >= 15 is 0 Å². The molecule has 0 unspecified atom stereocenters. The second kappa shape index (κ2) is 6.56. The van der Waals surface area contributed by atoms with Crippen LogP contribution in [0.2, 0.25) is 0 Å². The third-order valence-electron chi connectivity index (χ3n) is 2.68. The molecule has 0 fully saturated rings. The minimum Gasteiger partial charge on any atom is -0.478 e. The summed E-state index contributed by atoms with van der Waals surface area (Å²) in [5.41, 5.74) is 0.718. The molecule has 1 rings (SSSR count). The summed E-state index contributed by atoms with van der Waals surface area (Å²) in [6.45, 7) is 6.38. The van der Waals surface area contributed by atoms with Crippen molar-refractivity contribution in [2.75, 3.05) is 11.9 Å². The van der Waals surface area contributed by atoms with E-state index < -0.39 is 5.97 Å². The molecule has 19 heavy (non-hydrogen) atoms. The Morgan fingerprint density at radius 2 is 2.05 bits per heavy atom. The molecule has 0 aromatic heterocycles. The molecule has 104 valence electrons. The van der Waals surface area contributed by atoms with Gasteiger partial charge >= 0.3 is 12.0 Å². The van der Waals surface area contributed by atoms with Crippen LogP contribution in [0.15, 0.2) is 22.7 Å². The molecular weight excluding hydrogens is 312 g/mol. The fourth-order valence-electron chi connectivity index (χ4n) is 1.68. The van der Waals surface area contributed by atoms with E-state index in [1.165, 1.54) is 12.1 Å². The van der Waals surface area contributed by atoms with Crippen LogP contribution in [-0.2, 0) is 0 Å². The number of amides is 2. The molecule has 1 aromatic rings. The Kier molecular flexibility index (Phi) is 5.35. The van der Waals surface area contributed by atoms with Crippen molar-refractivity contribution < 1.29 is 14.7 Å². The first-order valence-corrected chi connectivity index (χ1v) is 6.76. The molecule has 5 nitrogen and oxygen atoms in total. The fraction of sp³-hybridized carbons (Fsp3) is 0.385. The summed E-state index contributed by atoms with van der Waals surface area (Å²) < 4.78 is 0.542. The van der Waals surface area contributed by atoms with Crippen molar-refractivity contribution in [3.8, 4) is 0 Å². The monoisotopic (exact) mass is 328 g/mol. The van der Waals surface area contributed by atoms with Gasteiger partial charge in [-0.1, -0.05) is 0 Å². The number of halogens is 1. The Labute approximate surface area is 120 Å². The van der Waals surface area contributed by atoms with E-state index in [2.05, 4.69) is 21.2 Å². The third-order valence-corrected chi connectivity index (χ3v) is 3.34. The van der Waals surface area contributed by atoms with Crippen LogP contribution in [-0.4, -0.2) is 34.6 Å². The van der Waals surface area contributed by atoms with Gasteiger partial charge in [0.25, 0.3) is 0 Å². The molecule has 2 N–H and O–H groups in total. The zero-order valence-electron chi connectivity index (χ0n) is 11.1. The number of carboxylic acid groups (broad SMARTS) is 1. The van der Waals surface area contributed by atoms with Crippen LogP contribution in [0.1, 0.15) is 31.1 Å². The first-order chi connectivity index (χ1) is 8.86. The Morgan fingerprint density at radius 1 is 1.42 bits per heavy atom. The number of aromatic carboxylic acids is 1. The second-order valence-electron chi connectivity index (χ2n) is 4.31. The van der Waals surface area contributed by atoms with Gasteiger partial charge in [0.05, 0.1) is 11.3 Å². The second-order valence-corrected chi connectivity index (χ2v) is 5.16. The minimum atomic E-state index is -1.00. The summed E-state index contributed by atoms with van der Waals surface area (Å²) >= 11 is 3.26. The van der Waals surface area contributed by atoms with Crippen LogP contribution in [0.25, 0.3) is 0 Å². The number of urea groups is 1. The zero-order chi connectivity index (χ0) is 14.6. The molecule has 0 aliphatic carbocycles. The molecule has 0 aliphatic heterocycles. The average Bonchev–Trinajstić information content (AvgIpc) is 2.31. The summed E-state index contributed by atoms with van der Waals surface area (Å²) in [7, 11) is 0. The number of carboxylic acids is 1. The van der Waals surface area contributed by atoms with Gasteiger partial charge in [0.1, 0.15) is 0 Å². The van der Waals surface area contributed by atoms with Crippen molar-refractivity contribution in [2.24, 2.45) is 0 Å². The number of hydrogen-bond donors (Lipinski definition) is 2. The highest BCUT2D eigenvalue weighted by atomic mass is 79.9. The molecule has 0 heterocycles. The molecule has 0 spiro atoms. The van der Waals surface area contributed by atoms with Crippen molar-refractivity contribution in [1.82, 2.24) is 4.90 Å². The van der Waals surface area contributed by atoms with Crippen LogP contribution < -0.4 is 5.32 Å². The predicted molar refractivity (Wildman–Crippen MR) is 77.6 cm³/mol. The van der Waals surface area contributed by atoms with Crippen molar-refractivity contribution in [3.63, 3.8) is 0 Å². The highest BCUT2D eigenvalue weighted by Gasteiger charge is 2.16. The molecule has 0 saturated heterocycles. The number of hydrogen-bond acceptors (Lipinski definition) is 2. The van der Waals surface area contributed by atoms with Gasteiger partial charge in [-0.25, -0.2) is 9.59 Å². The fourth-order valence-corrected chi connectivity index (χ4v) is 2.16. The maximum Gasteiger partial charge on any atom is 0.335 e. The van der Waals surface area contributed by atoms with Gasteiger partial charge in [-0.05, 0) is 54.9 Å². The van der Waals surface area contributed by atoms with Crippen LogP contribution in [0.3, 0.4) is 0 Å². The molecule has 2 amide bonds. The Bertz CT molecular complexity index is 489. The first-order valence-electron chi connectivity index (χ1n) is 5.97. The van der Waals surface area contributed by atoms with Crippen LogP contribution >= 0.6 is 15.9 Å². The number of nitrogens with one attached hydrogen (secondary N) is 1. The van der Waals surface area contributed by atoms with Gasteiger partial charge in [-0.2, -0.15) is 0 Å². The lowest BCUT2D eigenvalue weighted by molar-refractivity contribution is 0.0697. The summed E-state index contributed by atoms with van der Waals surface area (Å²) in [5.74, 6) is -1.00. The van der Waals surface area contributed by atoms with E-state index in [-0.39, 0.29) is 17.6 Å². The van der Waals surface area contributed by atoms with E-state index in [9.17, 15) is 9.59 Å². The van der Waals surface area contributed by atoms with E-state index in [4.69, 9.17) is 5.11 Å². The number of rotatable bonds is 4. The number of carbonyl (C=O) groups excluding carboxylic acids is 1. The quantitative estimate of drug-likeness (QED) is 0.889. The largest absolute Gasteiger partial charge is 0.478 e. The smallest absolute Gasteiger partial charge is 0.335 e. The summed E-state index contributed by atoms with van der Waals surface area (Å²) in [5, 5.41) is 11.6. The number of carbonyl (C=O) groups is 2. The SMILES string of the molecule is CCN(C(=O)Nc1ccc(C(=O)O)cc1Br)C(C)C. The maximum absolute atomic E-state index is 12.0. The van der Waals surface area contributed by atoms with Gasteiger partial charge in [-0.3, -0.25) is 0 Å². The van der Waals surface area contributed by atoms with Gasteiger partial charge in [-0.15, -0.1) is 0 Å². The van der Waals surface area contributed by atoms with Crippen molar-refractivity contribution >= 4 is 33.6 Å². The van der Waals surface area contributed by atoms with Gasteiger partial charge < -0.3 is 15.3 Å². The topological polar surface area (TPSA) is 69.6 Å². The number of benzene rings is 1. The maximum atomic E-state index is 12.0. The molecule has 0 radical (unpaired) electrons. The molecule has 0 saturated carbocycles. The van der Waals surface area contributed by atoms with Crippen LogP contribution in [0.5, 0.6) is 0 Å². The third kappa shape index (κ3) is 3.96. The normalized spacial score (nSPS) is 10.4. The molecular formula is C13H17BrN2O3. The lowest BCUT2D eigenvalue weighted by Crippen LogP contribution is -2.39. The molecule has 1 aromatic carbocycles. The molecule has 6 heteroatoms. The minimum absolute atomic E-state index is 0.0991. The van der Waals surface area contributed by atoms with E-state index in [0.717, 1.165) is 0 Å². The van der Waals surface area contributed by atoms with Crippen LogP contribution in [0, 0.1) is 0 Å². The highest BCUT2D eigenvalue weighted by Crippen LogP contribution is 2.24. The highest BCUT2D eigenvalue weighted by molar-refractivity contribution is 9.10. The van der Waals surface area contributed by atoms with E-state index in [1.807, 2.05) is 20.8 Å². The zero-order valence-corrected chi connectivity index (χ0v) is 12.7. The van der Waals surface area contributed by atoms with Gasteiger partial charge in [0.2, 0.25) is 0 Å². The Balaban J connectivity index is 2.88. The predicted octanol–water partition coefficient (Wildman–Crippen LogP) is 3.41. The number of nitrogens with zero attached hydrogens (tertiary/aromatic N) is 1. The summed E-state index contributed by atoms with van der Waals surface area (Å²) in [4.78, 5) is 24.5. The van der Waals surface area contributed by atoms with E-state index in [0.29, 0.717) is 16.7 Å². The molecule has 0 aliphatic rings. The summed E-state index contributed by atoms with van der Waals surface area (Å²) in [6.07, 6.45) is 0. The Morgan fingerprint density at radius 3 is 2.47 bits per heavy atom. The van der Waals surface area contributed by atoms with Crippen molar-refractivity contribution in [3.05, 3.63) is 28.2 Å². The molecule has 0 bridgehead atoms. The summed E-state index contributed by atoms with van der Waals surface area (Å²) in [6, 6.07) is 4.38. The van der Waals surface area contributed by atoms with Crippen molar-refractivity contribution in [1.29, 1.82) is 0 Å². The first kappa shape index (κ1) is 15.5. The van der Waals surface area contributed by atoms with Gasteiger partial charge in [0.15, 0.2) is 0 Å². The van der Waals surface area contributed by atoms with Crippen LogP contribution in [0.4, 0.5) is 10.5 Å². The Hall–Kier alpha value is -1.56. The van der Waals surface area contributed by atoms with Gasteiger partial charge in [0, 0.05) is 17.1 Å². The lowest BCUT2D eigenvalue weighted by Gasteiger charge is -2.25. The average molecular weight is 329 g/mol.